The Morgan fingerprint density at radius 1 is 1.39 bits per heavy atom. The fraction of sp³-hybridized carbons (Fsp3) is 0.385. The molecule has 1 aliphatic rings. The molecule has 1 aromatic rings. The van der Waals surface area contributed by atoms with Crippen molar-refractivity contribution in [3.63, 3.8) is 0 Å². The van der Waals surface area contributed by atoms with Gasteiger partial charge < -0.3 is 9.47 Å². The zero-order valence-electron chi connectivity index (χ0n) is 10.3. The van der Waals surface area contributed by atoms with E-state index in [1.165, 1.54) is 4.90 Å². The molecule has 1 saturated heterocycles. The highest BCUT2D eigenvalue weighted by molar-refractivity contribution is 5.95. The standard InChI is InChI=1S/C13H15NO4/c1-3-17-12(15)11-9(2)14(13(16)18-11)10-7-5-4-6-8-10/h4-9,11H,3H2,1-2H3. The Hall–Kier alpha value is -2.04. The van der Waals surface area contributed by atoms with Crippen molar-refractivity contribution in [1.29, 1.82) is 0 Å². The Labute approximate surface area is 105 Å². The van der Waals surface area contributed by atoms with Crippen molar-refractivity contribution in [2.75, 3.05) is 11.5 Å². The first-order chi connectivity index (χ1) is 8.65. The van der Waals surface area contributed by atoms with Gasteiger partial charge in [-0.05, 0) is 26.0 Å². The molecule has 0 spiro atoms. The van der Waals surface area contributed by atoms with E-state index in [0.29, 0.717) is 5.69 Å². The van der Waals surface area contributed by atoms with E-state index in [4.69, 9.17) is 9.47 Å². The van der Waals surface area contributed by atoms with Crippen molar-refractivity contribution >= 4 is 17.7 Å². The molecule has 1 aliphatic heterocycles. The number of cyclic esters (lactones) is 1. The highest BCUT2D eigenvalue weighted by Gasteiger charge is 2.44. The molecule has 2 atom stereocenters. The van der Waals surface area contributed by atoms with Crippen LogP contribution in [0.5, 0.6) is 0 Å². The molecule has 0 N–H and O–H groups in total. The summed E-state index contributed by atoms with van der Waals surface area (Å²) in [6.45, 7) is 3.75. The lowest BCUT2D eigenvalue weighted by Crippen LogP contribution is -2.38. The number of esters is 1. The van der Waals surface area contributed by atoms with Crippen molar-refractivity contribution in [1.82, 2.24) is 0 Å². The molecule has 0 bridgehead atoms. The molecule has 1 heterocycles. The Balaban J connectivity index is 2.20. The van der Waals surface area contributed by atoms with Gasteiger partial charge in [0.15, 0.2) is 0 Å². The number of carbonyl (C=O) groups is 2. The van der Waals surface area contributed by atoms with Gasteiger partial charge in [0.25, 0.3) is 0 Å². The molecule has 1 fully saturated rings. The fourth-order valence-electron chi connectivity index (χ4n) is 1.96. The number of anilines is 1. The van der Waals surface area contributed by atoms with Gasteiger partial charge in [0.05, 0.1) is 12.6 Å². The lowest BCUT2D eigenvalue weighted by Gasteiger charge is -2.19. The summed E-state index contributed by atoms with van der Waals surface area (Å²) in [6, 6.07) is 8.73. The summed E-state index contributed by atoms with van der Waals surface area (Å²) in [4.78, 5) is 24.9. The molecule has 0 radical (unpaired) electrons. The van der Waals surface area contributed by atoms with Crippen molar-refractivity contribution in [3.8, 4) is 0 Å². The second-order valence-corrected chi connectivity index (χ2v) is 4.00. The molecule has 0 aliphatic carbocycles. The maximum atomic E-state index is 11.8. The first-order valence-electron chi connectivity index (χ1n) is 5.86. The van der Waals surface area contributed by atoms with Gasteiger partial charge >= 0.3 is 12.1 Å². The minimum Gasteiger partial charge on any atom is -0.463 e. The maximum Gasteiger partial charge on any atom is 0.415 e. The normalized spacial score (nSPS) is 22.8. The highest BCUT2D eigenvalue weighted by Crippen LogP contribution is 2.27. The molecular formula is C13H15NO4. The van der Waals surface area contributed by atoms with Gasteiger partial charge in [-0.15, -0.1) is 0 Å². The maximum absolute atomic E-state index is 11.8. The quantitative estimate of drug-likeness (QED) is 0.768. The van der Waals surface area contributed by atoms with E-state index in [9.17, 15) is 9.59 Å². The van der Waals surface area contributed by atoms with E-state index < -0.39 is 18.2 Å². The predicted molar refractivity (Wildman–Crippen MR) is 65.3 cm³/mol. The molecule has 5 heteroatoms. The topological polar surface area (TPSA) is 55.8 Å². The minimum absolute atomic E-state index is 0.269. The van der Waals surface area contributed by atoms with Crippen LogP contribution in [0.4, 0.5) is 10.5 Å². The number of ether oxygens (including phenoxy) is 2. The van der Waals surface area contributed by atoms with E-state index in [1.54, 1.807) is 26.0 Å². The molecule has 0 saturated carbocycles. The number of rotatable bonds is 3. The number of carbonyl (C=O) groups excluding carboxylic acids is 2. The highest BCUT2D eigenvalue weighted by atomic mass is 16.6. The molecule has 1 aromatic carbocycles. The molecule has 2 unspecified atom stereocenters. The molecule has 1 amide bonds. The summed E-state index contributed by atoms with van der Waals surface area (Å²) in [5.74, 6) is -0.503. The summed E-state index contributed by atoms with van der Waals surface area (Å²) >= 11 is 0. The zero-order chi connectivity index (χ0) is 13.1. The summed E-state index contributed by atoms with van der Waals surface area (Å²) in [7, 11) is 0. The summed E-state index contributed by atoms with van der Waals surface area (Å²) in [5, 5.41) is 0. The van der Waals surface area contributed by atoms with Crippen LogP contribution in [0.25, 0.3) is 0 Å². The summed E-state index contributed by atoms with van der Waals surface area (Å²) in [5.41, 5.74) is 0.710. The van der Waals surface area contributed by atoms with Crippen LogP contribution in [0, 0.1) is 0 Å². The minimum atomic E-state index is -0.863. The van der Waals surface area contributed by atoms with Crippen molar-refractivity contribution in [3.05, 3.63) is 30.3 Å². The number of amides is 1. The zero-order valence-corrected chi connectivity index (χ0v) is 10.3. The average Bonchev–Trinajstić information content (AvgIpc) is 2.66. The summed E-state index contributed by atoms with van der Waals surface area (Å²) in [6.07, 6.45) is -1.38. The number of hydrogen-bond donors (Lipinski definition) is 0. The van der Waals surface area contributed by atoms with Gasteiger partial charge in [-0.1, -0.05) is 18.2 Å². The van der Waals surface area contributed by atoms with E-state index in [2.05, 4.69) is 0 Å². The Bertz CT molecular complexity index is 446. The Morgan fingerprint density at radius 3 is 2.67 bits per heavy atom. The van der Waals surface area contributed by atoms with Crippen molar-refractivity contribution in [2.24, 2.45) is 0 Å². The smallest absolute Gasteiger partial charge is 0.415 e. The van der Waals surface area contributed by atoms with E-state index in [1.807, 2.05) is 18.2 Å². The van der Waals surface area contributed by atoms with Gasteiger partial charge in [-0.3, -0.25) is 4.90 Å². The van der Waals surface area contributed by atoms with Crippen LogP contribution >= 0.6 is 0 Å². The van der Waals surface area contributed by atoms with Crippen LogP contribution in [-0.4, -0.2) is 30.8 Å². The van der Waals surface area contributed by atoms with Crippen LogP contribution in [0.2, 0.25) is 0 Å². The van der Waals surface area contributed by atoms with E-state index in [0.717, 1.165) is 0 Å². The summed E-state index contributed by atoms with van der Waals surface area (Å²) < 4.78 is 9.95. The van der Waals surface area contributed by atoms with Gasteiger partial charge in [0.2, 0.25) is 6.10 Å². The Kier molecular flexibility index (Phi) is 3.50. The SMILES string of the molecule is CCOC(=O)C1OC(=O)N(c2ccccc2)C1C. The third-order valence-electron chi connectivity index (χ3n) is 2.82. The van der Waals surface area contributed by atoms with Crippen LogP contribution in [-0.2, 0) is 14.3 Å². The fourth-order valence-corrected chi connectivity index (χ4v) is 1.96. The first kappa shape index (κ1) is 12.4. The van der Waals surface area contributed by atoms with E-state index >= 15 is 0 Å². The predicted octanol–water partition coefficient (Wildman–Crippen LogP) is 1.96. The lowest BCUT2D eigenvalue weighted by molar-refractivity contribution is -0.152. The van der Waals surface area contributed by atoms with Gasteiger partial charge in [0, 0.05) is 5.69 Å². The van der Waals surface area contributed by atoms with Crippen LogP contribution in [0.3, 0.4) is 0 Å². The molecule has 0 aromatic heterocycles. The average molecular weight is 249 g/mol. The number of hydrogen-bond acceptors (Lipinski definition) is 4. The Morgan fingerprint density at radius 2 is 2.06 bits per heavy atom. The van der Waals surface area contributed by atoms with Gasteiger partial charge in [-0.2, -0.15) is 0 Å². The van der Waals surface area contributed by atoms with Crippen LogP contribution in [0.1, 0.15) is 13.8 Å². The number of para-hydroxylation sites is 1. The molecular weight excluding hydrogens is 234 g/mol. The van der Waals surface area contributed by atoms with Crippen molar-refractivity contribution < 1.29 is 19.1 Å². The monoisotopic (exact) mass is 249 g/mol. The first-order valence-corrected chi connectivity index (χ1v) is 5.86. The second kappa shape index (κ2) is 5.08. The van der Waals surface area contributed by atoms with Crippen LogP contribution in [0.15, 0.2) is 30.3 Å². The molecule has 2 rings (SSSR count). The number of benzene rings is 1. The molecule has 18 heavy (non-hydrogen) atoms. The third kappa shape index (κ3) is 2.16. The second-order valence-electron chi connectivity index (χ2n) is 4.00. The van der Waals surface area contributed by atoms with Gasteiger partial charge in [0.1, 0.15) is 0 Å². The van der Waals surface area contributed by atoms with Gasteiger partial charge in [-0.25, -0.2) is 9.59 Å². The third-order valence-corrected chi connectivity index (χ3v) is 2.82. The van der Waals surface area contributed by atoms with E-state index in [-0.39, 0.29) is 12.6 Å². The largest absolute Gasteiger partial charge is 0.463 e. The lowest BCUT2D eigenvalue weighted by atomic mass is 10.1. The number of nitrogens with zero attached hydrogens (tertiary/aromatic N) is 1. The molecule has 96 valence electrons. The van der Waals surface area contributed by atoms with Crippen molar-refractivity contribution in [2.45, 2.75) is 26.0 Å². The molecule has 5 nitrogen and oxygen atoms in total. The van der Waals surface area contributed by atoms with Crippen LogP contribution < -0.4 is 4.90 Å².